The van der Waals surface area contributed by atoms with E-state index >= 15 is 0 Å². The van der Waals surface area contributed by atoms with Gasteiger partial charge in [-0.25, -0.2) is 0 Å². The molecule has 1 fully saturated rings. The summed E-state index contributed by atoms with van der Waals surface area (Å²) in [5, 5.41) is 6.23. The highest BCUT2D eigenvalue weighted by Crippen LogP contribution is 2.24. The maximum atomic E-state index is 12.0. The largest absolute Gasteiger partial charge is 0.496 e. The number of halogens is 1. The number of ether oxygens (including phenoxy) is 1. The van der Waals surface area contributed by atoms with Crippen LogP contribution in [0.4, 0.5) is 0 Å². The van der Waals surface area contributed by atoms with E-state index in [0.29, 0.717) is 0 Å². The summed E-state index contributed by atoms with van der Waals surface area (Å²) in [6.07, 6.45) is 1.99. The topological polar surface area (TPSA) is 50.4 Å². The van der Waals surface area contributed by atoms with E-state index in [1.165, 1.54) is 0 Å². The zero-order chi connectivity index (χ0) is 13.0. The number of carbonyl (C=O) groups excluding carboxylic acids is 1. The van der Waals surface area contributed by atoms with Gasteiger partial charge in [-0.15, -0.1) is 12.4 Å². The van der Waals surface area contributed by atoms with Crippen LogP contribution in [0.2, 0.25) is 0 Å². The van der Waals surface area contributed by atoms with Crippen molar-refractivity contribution in [2.75, 3.05) is 13.7 Å². The van der Waals surface area contributed by atoms with E-state index in [9.17, 15) is 4.79 Å². The minimum atomic E-state index is -0.0453. The van der Waals surface area contributed by atoms with Gasteiger partial charge in [-0.2, -0.15) is 0 Å². The quantitative estimate of drug-likeness (QED) is 0.890. The number of hydrogen-bond acceptors (Lipinski definition) is 3. The Balaban J connectivity index is 0.00000180. The zero-order valence-electron chi connectivity index (χ0n) is 11.3. The normalized spacial score (nSPS) is 19.4. The molecule has 1 aliphatic heterocycles. The molecule has 1 aromatic rings. The molecule has 2 atom stereocenters. The number of hydrogen-bond donors (Lipinski definition) is 2. The summed E-state index contributed by atoms with van der Waals surface area (Å²) in [4.78, 5) is 12.0. The second-order valence-corrected chi connectivity index (χ2v) is 4.62. The van der Waals surface area contributed by atoms with Gasteiger partial charge in [-0.3, -0.25) is 4.79 Å². The number of amides is 1. The molecule has 2 rings (SSSR count). The van der Waals surface area contributed by atoms with Gasteiger partial charge >= 0.3 is 0 Å². The van der Waals surface area contributed by atoms with Crippen LogP contribution in [-0.4, -0.2) is 25.6 Å². The molecule has 5 heteroatoms. The molecule has 1 heterocycles. The Morgan fingerprint density at radius 1 is 1.47 bits per heavy atom. The summed E-state index contributed by atoms with van der Waals surface area (Å²) in [5.41, 5.74) is 1.01. The fraction of sp³-hybridized carbons (Fsp3) is 0.500. The molecule has 0 spiro atoms. The second-order valence-electron chi connectivity index (χ2n) is 4.62. The SMILES string of the molecule is COc1ccccc1C(C)NC(=O)C1CCCN1.Cl. The lowest BCUT2D eigenvalue weighted by Crippen LogP contribution is -2.41. The van der Waals surface area contributed by atoms with Crippen molar-refractivity contribution in [1.29, 1.82) is 0 Å². The lowest BCUT2D eigenvalue weighted by molar-refractivity contribution is -0.123. The van der Waals surface area contributed by atoms with Crippen molar-refractivity contribution in [3.63, 3.8) is 0 Å². The monoisotopic (exact) mass is 284 g/mol. The van der Waals surface area contributed by atoms with Crippen LogP contribution < -0.4 is 15.4 Å². The Hall–Kier alpha value is -1.26. The summed E-state index contributed by atoms with van der Waals surface area (Å²) < 4.78 is 5.31. The molecule has 0 aromatic heterocycles. The van der Waals surface area contributed by atoms with E-state index in [4.69, 9.17) is 4.74 Å². The summed E-state index contributed by atoms with van der Waals surface area (Å²) in [6.45, 7) is 2.91. The van der Waals surface area contributed by atoms with Crippen molar-refractivity contribution in [3.8, 4) is 5.75 Å². The Morgan fingerprint density at radius 3 is 2.84 bits per heavy atom. The van der Waals surface area contributed by atoms with Crippen molar-refractivity contribution in [3.05, 3.63) is 29.8 Å². The summed E-state index contributed by atoms with van der Waals surface area (Å²) >= 11 is 0. The Bertz CT molecular complexity index is 420. The zero-order valence-corrected chi connectivity index (χ0v) is 12.1. The van der Waals surface area contributed by atoms with Crippen LogP contribution in [0, 0.1) is 0 Å². The highest BCUT2D eigenvalue weighted by atomic mass is 35.5. The molecule has 106 valence electrons. The van der Waals surface area contributed by atoms with E-state index in [2.05, 4.69) is 10.6 Å². The third-order valence-corrected chi connectivity index (χ3v) is 3.34. The molecule has 1 saturated heterocycles. The van der Waals surface area contributed by atoms with Crippen molar-refractivity contribution < 1.29 is 9.53 Å². The smallest absolute Gasteiger partial charge is 0.237 e. The Labute approximate surface area is 120 Å². The first-order chi connectivity index (χ1) is 8.72. The van der Waals surface area contributed by atoms with Gasteiger partial charge in [-0.05, 0) is 32.4 Å². The molecule has 0 radical (unpaired) electrons. The van der Waals surface area contributed by atoms with Crippen molar-refractivity contribution in [2.24, 2.45) is 0 Å². The predicted octanol–water partition coefficient (Wildman–Crippen LogP) is 2.05. The van der Waals surface area contributed by atoms with Gasteiger partial charge in [0, 0.05) is 5.56 Å². The lowest BCUT2D eigenvalue weighted by atomic mass is 10.1. The number of carbonyl (C=O) groups is 1. The highest BCUT2D eigenvalue weighted by molar-refractivity contribution is 5.85. The molecule has 2 N–H and O–H groups in total. The number of methoxy groups -OCH3 is 1. The molecule has 0 saturated carbocycles. The lowest BCUT2D eigenvalue weighted by Gasteiger charge is -2.19. The van der Waals surface area contributed by atoms with Gasteiger partial charge < -0.3 is 15.4 Å². The molecule has 19 heavy (non-hydrogen) atoms. The molecule has 1 amide bonds. The maximum Gasteiger partial charge on any atom is 0.237 e. The summed E-state index contributed by atoms with van der Waals surface area (Å²) in [5.74, 6) is 0.885. The Morgan fingerprint density at radius 2 is 2.21 bits per heavy atom. The second kappa shape index (κ2) is 7.36. The molecular formula is C14H21ClN2O2. The van der Waals surface area contributed by atoms with E-state index in [1.54, 1.807) is 7.11 Å². The van der Waals surface area contributed by atoms with E-state index < -0.39 is 0 Å². The van der Waals surface area contributed by atoms with Crippen molar-refractivity contribution >= 4 is 18.3 Å². The van der Waals surface area contributed by atoms with Gasteiger partial charge in [0.1, 0.15) is 5.75 Å². The molecule has 0 bridgehead atoms. The third kappa shape index (κ3) is 3.85. The molecule has 1 aromatic carbocycles. The molecule has 0 aliphatic carbocycles. The standard InChI is InChI=1S/C14H20N2O2.ClH/c1-10(11-6-3-4-8-13(11)18-2)16-14(17)12-7-5-9-15-12;/h3-4,6,8,10,12,15H,5,7,9H2,1-2H3,(H,16,17);1H. The number of nitrogens with one attached hydrogen (secondary N) is 2. The molecular weight excluding hydrogens is 264 g/mol. The van der Waals surface area contributed by atoms with E-state index in [1.807, 2.05) is 31.2 Å². The van der Waals surface area contributed by atoms with Crippen molar-refractivity contribution in [2.45, 2.75) is 31.8 Å². The highest BCUT2D eigenvalue weighted by Gasteiger charge is 2.23. The van der Waals surface area contributed by atoms with Crippen LogP contribution in [0.1, 0.15) is 31.4 Å². The Kier molecular flexibility index (Phi) is 6.12. The van der Waals surface area contributed by atoms with Crippen LogP contribution in [0.3, 0.4) is 0 Å². The fourth-order valence-corrected chi connectivity index (χ4v) is 2.32. The minimum Gasteiger partial charge on any atom is -0.496 e. The van der Waals surface area contributed by atoms with Gasteiger partial charge in [0.25, 0.3) is 0 Å². The first-order valence-electron chi connectivity index (χ1n) is 6.39. The van der Waals surface area contributed by atoms with Crippen LogP contribution in [0.5, 0.6) is 5.75 Å². The maximum absolute atomic E-state index is 12.0. The summed E-state index contributed by atoms with van der Waals surface area (Å²) in [7, 11) is 1.64. The predicted molar refractivity (Wildman–Crippen MR) is 77.8 cm³/mol. The van der Waals surface area contributed by atoms with Gasteiger partial charge in [0.05, 0.1) is 19.2 Å². The first-order valence-corrected chi connectivity index (χ1v) is 6.39. The average Bonchev–Trinajstić information content (AvgIpc) is 2.92. The van der Waals surface area contributed by atoms with E-state index in [-0.39, 0.29) is 30.4 Å². The van der Waals surface area contributed by atoms with Gasteiger partial charge in [0.2, 0.25) is 5.91 Å². The number of rotatable bonds is 4. The summed E-state index contributed by atoms with van der Waals surface area (Å²) in [6, 6.07) is 7.68. The van der Waals surface area contributed by atoms with Gasteiger partial charge in [-0.1, -0.05) is 18.2 Å². The van der Waals surface area contributed by atoms with Crippen LogP contribution in [-0.2, 0) is 4.79 Å². The minimum absolute atomic E-state index is 0. The van der Waals surface area contributed by atoms with Crippen molar-refractivity contribution in [1.82, 2.24) is 10.6 Å². The average molecular weight is 285 g/mol. The number of benzene rings is 1. The number of para-hydroxylation sites is 1. The first kappa shape index (κ1) is 15.8. The molecule has 2 unspecified atom stereocenters. The van der Waals surface area contributed by atoms with Crippen LogP contribution in [0.25, 0.3) is 0 Å². The van der Waals surface area contributed by atoms with Gasteiger partial charge in [0.15, 0.2) is 0 Å². The van der Waals surface area contributed by atoms with Crippen LogP contribution in [0.15, 0.2) is 24.3 Å². The van der Waals surface area contributed by atoms with Crippen LogP contribution >= 0.6 is 12.4 Å². The third-order valence-electron chi connectivity index (χ3n) is 3.34. The fourth-order valence-electron chi connectivity index (χ4n) is 2.32. The molecule has 1 aliphatic rings. The molecule has 4 nitrogen and oxygen atoms in total. The van der Waals surface area contributed by atoms with E-state index in [0.717, 1.165) is 30.7 Å².